The van der Waals surface area contributed by atoms with Crippen molar-refractivity contribution >= 4 is 97.5 Å². The van der Waals surface area contributed by atoms with Gasteiger partial charge in [0.1, 0.15) is 16.4 Å². The van der Waals surface area contributed by atoms with Gasteiger partial charge in [-0.2, -0.15) is 0 Å². The van der Waals surface area contributed by atoms with Gasteiger partial charge in [-0.1, -0.05) is 0 Å². The smallest absolute Gasteiger partial charge is 0.345 e. The van der Waals surface area contributed by atoms with E-state index >= 15 is 0 Å². The molecule has 0 aliphatic carbocycles. The third-order valence-corrected chi connectivity index (χ3v) is 7.72. The number of carboxylic acid groups (broad SMARTS) is 1. The fourth-order valence-electron chi connectivity index (χ4n) is 2.60. The first-order chi connectivity index (χ1) is 14.2. The molecular weight excluding hydrogens is 580 g/mol. The molecular formula is C20H13Br2ClO5S2. The summed E-state index contributed by atoms with van der Waals surface area (Å²) >= 11 is 14.8. The molecule has 0 bridgehead atoms. The number of benzene rings is 2. The first-order valence-electron chi connectivity index (χ1n) is 8.20. The molecule has 0 spiro atoms. The summed E-state index contributed by atoms with van der Waals surface area (Å²) in [6.45, 7) is 0. The summed E-state index contributed by atoms with van der Waals surface area (Å²) in [5.41, 5.74) is 0. The number of aromatic carboxylic acids is 1. The molecule has 0 aliphatic heterocycles. The Morgan fingerprint density at radius 3 is 1.67 bits per heavy atom. The molecule has 1 N–H and O–H groups in total. The summed E-state index contributed by atoms with van der Waals surface area (Å²) in [4.78, 5) is 22.7. The van der Waals surface area contributed by atoms with Crippen molar-refractivity contribution in [3.63, 3.8) is 0 Å². The number of halogens is 3. The summed E-state index contributed by atoms with van der Waals surface area (Å²) in [5, 5.41) is 10.3. The van der Waals surface area contributed by atoms with Crippen molar-refractivity contribution in [3.05, 3.63) is 55.1 Å². The van der Waals surface area contributed by atoms with Crippen molar-refractivity contribution in [2.75, 3.05) is 14.2 Å². The minimum atomic E-state index is -0.897. The lowest BCUT2D eigenvalue weighted by molar-refractivity contribution is 0.0702. The maximum Gasteiger partial charge on any atom is 0.345 e. The molecule has 2 aromatic carbocycles. The van der Waals surface area contributed by atoms with Crippen molar-refractivity contribution in [3.8, 4) is 11.5 Å². The second-order valence-electron chi connectivity index (χ2n) is 5.85. The molecule has 4 aromatic rings. The number of fused-ring (bicyclic) bond motifs is 2. The highest BCUT2D eigenvalue weighted by Gasteiger charge is 2.11. The zero-order chi connectivity index (χ0) is 22.0. The van der Waals surface area contributed by atoms with Crippen molar-refractivity contribution < 1.29 is 24.2 Å². The number of carbonyl (C=O) groups excluding carboxylic acids is 1. The molecule has 4 rings (SSSR count). The van der Waals surface area contributed by atoms with Crippen molar-refractivity contribution in [2.45, 2.75) is 0 Å². The van der Waals surface area contributed by atoms with Gasteiger partial charge in [0.15, 0.2) is 0 Å². The van der Waals surface area contributed by atoms with Crippen molar-refractivity contribution in [1.82, 2.24) is 0 Å². The van der Waals surface area contributed by atoms with Crippen LogP contribution in [0, 0.1) is 0 Å². The lowest BCUT2D eigenvalue weighted by atomic mass is 10.2. The second-order valence-corrected chi connectivity index (χ2v) is 10.1. The lowest BCUT2D eigenvalue weighted by Crippen LogP contribution is -1.89. The molecule has 2 aromatic heterocycles. The van der Waals surface area contributed by atoms with Crippen LogP contribution in [0.15, 0.2) is 45.3 Å². The highest BCUT2D eigenvalue weighted by Crippen LogP contribution is 2.36. The molecule has 0 fully saturated rings. The predicted molar refractivity (Wildman–Crippen MR) is 129 cm³/mol. The number of hydrogen-bond acceptors (Lipinski definition) is 6. The largest absolute Gasteiger partial charge is 0.496 e. The number of thiophene rings is 2. The standard InChI is InChI=1S/C10H6BrClO2S.C10H7BrO3S/c2*1-14-7-2-5-3-9(10(12)13)15-8(5)4-6(7)11/h2-4H,1H3;2-4H,1H3,(H,12,13). The van der Waals surface area contributed by atoms with Crippen LogP contribution in [-0.2, 0) is 0 Å². The topological polar surface area (TPSA) is 72.8 Å². The Morgan fingerprint density at radius 2 is 1.27 bits per heavy atom. The molecule has 156 valence electrons. The average Bonchev–Trinajstić information content (AvgIpc) is 3.30. The highest BCUT2D eigenvalue weighted by molar-refractivity contribution is 9.11. The molecule has 0 saturated heterocycles. The number of hydrogen-bond donors (Lipinski definition) is 1. The van der Waals surface area contributed by atoms with Crippen LogP contribution in [0.5, 0.6) is 11.5 Å². The van der Waals surface area contributed by atoms with Crippen LogP contribution in [0.1, 0.15) is 19.3 Å². The Bertz CT molecular complexity index is 1170. The van der Waals surface area contributed by atoms with Crippen LogP contribution in [0.25, 0.3) is 20.2 Å². The number of ether oxygens (including phenoxy) is 2. The summed E-state index contributed by atoms with van der Waals surface area (Å²) in [7, 11) is 3.18. The van der Waals surface area contributed by atoms with E-state index in [-0.39, 0.29) is 0 Å². The zero-order valence-corrected chi connectivity index (χ0v) is 21.1. The molecule has 10 heteroatoms. The molecule has 2 heterocycles. The molecule has 0 radical (unpaired) electrons. The summed E-state index contributed by atoms with van der Waals surface area (Å²) < 4.78 is 13.9. The Balaban J connectivity index is 0.000000171. The van der Waals surface area contributed by atoms with Crippen LogP contribution in [-0.4, -0.2) is 30.5 Å². The van der Waals surface area contributed by atoms with Gasteiger partial charge in [-0.05, 0) is 90.6 Å². The van der Waals surface area contributed by atoms with E-state index in [2.05, 4.69) is 31.9 Å². The van der Waals surface area contributed by atoms with Gasteiger partial charge >= 0.3 is 5.97 Å². The van der Waals surface area contributed by atoms with E-state index in [9.17, 15) is 9.59 Å². The van der Waals surface area contributed by atoms with E-state index in [1.165, 1.54) is 22.7 Å². The number of methoxy groups -OCH3 is 2. The van der Waals surface area contributed by atoms with Crippen LogP contribution in [0.2, 0.25) is 0 Å². The van der Waals surface area contributed by atoms with Crippen molar-refractivity contribution in [1.29, 1.82) is 0 Å². The van der Waals surface area contributed by atoms with Gasteiger partial charge in [-0.15, -0.1) is 22.7 Å². The number of carboxylic acids is 1. The molecule has 5 nitrogen and oxygen atoms in total. The maximum absolute atomic E-state index is 11.0. The van der Waals surface area contributed by atoms with Crippen molar-refractivity contribution in [2.24, 2.45) is 0 Å². The Hall–Kier alpha value is -1.65. The Labute approximate surface area is 201 Å². The summed E-state index contributed by atoms with van der Waals surface area (Å²) in [5.74, 6) is 0.553. The van der Waals surface area contributed by atoms with E-state index in [1.54, 1.807) is 26.4 Å². The normalized spacial score (nSPS) is 10.6. The first-order valence-corrected chi connectivity index (χ1v) is 11.8. The fraction of sp³-hybridized carbons (Fsp3) is 0.100. The average molecular weight is 593 g/mol. The van der Waals surface area contributed by atoms with Crippen LogP contribution < -0.4 is 9.47 Å². The van der Waals surface area contributed by atoms with E-state index in [0.29, 0.717) is 15.5 Å². The van der Waals surface area contributed by atoms with E-state index in [1.807, 2.05) is 24.3 Å². The van der Waals surface area contributed by atoms with Gasteiger partial charge < -0.3 is 14.6 Å². The highest BCUT2D eigenvalue weighted by atomic mass is 79.9. The van der Waals surface area contributed by atoms with E-state index in [0.717, 1.165) is 34.9 Å². The van der Waals surface area contributed by atoms with Gasteiger partial charge in [0.2, 0.25) is 0 Å². The van der Waals surface area contributed by atoms with Gasteiger partial charge in [-0.25, -0.2) is 4.79 Å². The maximum atomic E-state index is 11.0. The lowest BCUT2D eigenvalue weighted by Gasteiger charge is -2.01. The molecule has 0 atom stereocenters. The fourth-order valence-corrected chi connectivity index (χ4v) is 5.92. The van der Waals surface area contributed by atoms with Gasteiger partial charge in [0, 0.05) is 9.40 Å². The number of rotatable bonds is 4. The molecule has 0 unspecified atom stereocenters. The third kappa shape index (κ3) is 4.97. The molecule has 30 heavy (non-hydrogen) atoms. The van der Waals surface area contributed by atoms with E-state index < -0.39 is 11.2 Å². The Morgan fingerprint density at radius 1 is 0.833 bits per heavy atom. The molecule has 0 saturated carbocycles. The SMILES string of the molecule is COc1cc2cc(C(=O)Cl)sc2cc1Br.COc1cc2cc(C(=O)O)sc2cc1Br. The number of carbonyl (C=O) groups is 2. The van der Waals surface area contributed by atoms with Crippen LogP contribution >= 0.6 is 66.1 Å². The first kappa shape index (κ1) is 23.0. The second kappa shape index (κ2) is 9.65. The third-order valence-electron chi connectivity index (χ3n) is 3.99. The van der Waals surface area contributed by atoms with Gasteiger partial charge in [0.25, 0.3) is 5.24 Å². The van der Waals surface area contributed by atoms with Gasteiger partial charge in [0.05, 0.1) is 28.0 Å². The molecule has 0 aliphatic rings. The summed E-state index contributed by atoms with van der Waals surface area (Å²) in [6.07, 6.45) is 0. The minimum Gasteiger partial charge on any atom is -0.496 e. The Kier molecular flexibility index (Phi) is 7.41. The summed E-state index contributed by atoms with van der Waals surface area (Å²) in [6, 6.07) is 10.9. The predicted octanol–water partition coefficient (Wildman–Crippen LogP) is 7.42. The minimum absolute atomic E-state index is 0.338. The monoisotopic (exact) mass is 590 g/mol. The quantitative estimate of drug-likeness (QED) is 0.250. The van der Waals surface area contributed by atoms with Crippen LogP contribution in [0.3, 0.4) is 0 Å². The van der Waals surface area contributed by atoms with E-state index in [4.69, 9.17) is 26.2 Å². The van der Waals surface area contributed by atoms with Crippen LogP contribution in [0.4, 0.5) is 0 Å². The van der Waals surface area contributed by atoms with Gasteiger partial charge in [-0.3, -0.25) is 4.79 Å². The molecule has 0 amide bonds. The zero-order valence-electron chi connectivity index (χ0n) is 15.5.